The largest absolute Gasteiger partial charge is 0.497 e. The van der Waals surface area contributed by atoms with E-state index in [9.17, 15) is 14.4 Å². The molecular formula is C25H30ClN5O4. The number of halogens is 1. The molecular weight excluding hydrogens is 470 g/mol. The van der Waals surface area contributed by atoms with Crippen LogP contribution < -0.4 is 20.3 Å². The number of para-hydroxylation sites is 1. The Morgan fingerprint density at radius 3 is 2.60 bits per heavy atom. The highest BCUT2D eigenvalue weighted by atomic mass is 35.5. The maximum absolute atomic E-state index is 13.2. The van der Waals surface area contributed by atoms with Gasteiger partial charge in [-0.3, -0.25) is 19.3 Å². The molecule has 9 nitrogen and oxygen atoms in total. The van der Waals surface area contributed by atoms with E-state index in [0.717, 1.165) is 37.6 Å². The molecule has 3 amide bonds. The molecule has 10 heteroatoms. The molecule has 0 radical (unpaired) electrons. The number of nitrogens with one attached hydrogen (secondary N) is 2. The van der Waals surface area contributed by atoms with Crippen molar-refractivity contribution in [3.63, 3.8) is 0 Å². The normalized spacial score (nSPS) is 18.7. The monoisotopic (exact) mass is 499 g/mol. The Hall–Kier alpha value is -3.30. The van der Waals surface area contributed by atoms with E-state index in [1.54, 1.807) is 31.4 Å². The molecule has 0 saturated carbocycles. The first-order chi connectivity index (χ1) is 16.9. The Labute approximate surface area is 210 Å². The van der Waals surface area contributed by atoms with Gasteiger partial charge in [0, 0.05) is 51.0 Å². The van der Waals surface area contributed by atoms with Gasteiger partial charge in [0.05, 0.1) is 30.8 Å². The summed E-state index contributed by atoms with van der Waals surface area (Å²) in [5.41, 5.74) is 1.56. The van der Waals surface area contributed by atoms with Gasteiger partial charge in [0.1, 0.15) is 11.8 Å². The van der Waals surface area contributed by atoms with Crippen LogP contribution in [0.15, 0.2) is 48.5 Å². The smallest absolute Gasteiger partial charge is 0.243 e. The standard InChI is InChI=1S/C25H30ClN5O4/c1-35-19-6-4-5-18(15-19)30-13-11-29(12-14-30)17-24(33)31-10-9-27-25(34)22(31)16-23(32)28-21-8-3-2-7-20(21)26/h2-8,15,22H,9-14,16-17H2,1H3,(H,27,34)(H,28,32)/t22-/m0/s1. The zero-order chi connectivity index (χ0) is 24.8. The third-order valence-corrected chi connectivity index (χ3v) is 6.66. The third kappa shape index (κ3) is 6.23. The highest BCUT2D eigenvalue weighted by molar-refractivity contribution is 6.33. The van der Waals surface area contributed by atoms with Crippen LogP contribution in [0.25, 0.3) is 0 Å². The number of hydrogen-bond acceptors (Lipinski definition) is 6. The Morgan fingerprint density at radius 1 is 1.09 bits per heavy atom. The minimum atomic E-state index is -0.850. The van der Waals surface area contributed by atoms with Crippen molar-refractivity contribution in [3.8, 4) is 5.75 Å². The lowest BCUT2D eigenvalue weighted by molar-refractivity contribution is -0.145. The first kappa shape index (κ1) is 24.8. The van der Waals surface area contributed by atoms with E-state index in [1.165, 1.54) is 4.90 Å². The number of carbonyl (C=O) groups excluding carboxylic acids is 3. The highest BCUT2D eigenvalue weighted by Crippen LogP contribution is 2.23. The number of hydrogen-bond donors (Lipinski definition) is 2. The number of ether oxygens (including phenoxy) is 1. The lowest BCUT2D eigenvalue weighted by Gasteiger charge is -2.39. The number of rotatable bonds is 7. The number of nitrogens with zero attached hydrogens (tertiary/aromatic N) is 3. The Bertz CT molecular complexity index is 1070. The van der Waals surface area contributed by atoms with E-state index in [0.29, 0.717) is 23.8 Å². The van der Waals surface area contributed by atoms with Gasteiger partial charge in [-0.1, -0.05) is 29.8 Å². The van der Waals surface area contributed by atoms with Gasteiger partial charge in [0.15, 0.2) is 0 Å². The quantitative estimate of drug-likeness (QED) is 0.603. The van der Waals surface area contributed by atoms with Crippen LogP contribution in [0, 0.1) is 0 Å². The molecule has 2 aromatic rings. The summed E-state index contributed by atoms with van der Waals surface area (Å²) in [5, 5.41) is 5.91. The van der Waals surface area contributed by atoms with Crippen molar-refractivity contribution >= 4 is 40.7 Å². The van der Waals surface area contributed by atoms with Crippen molar-refractivity contribution in [2.45, 2.75) is 12.5 Å². The molecule has 2 fully saturated rings. The van der Waals surface area contributed by atoms with Gasteiger partial charge < -0.3 is 25.2 Å². The zero-order valence-electron chi connectivity index (χ0n) is 19.7. The van der Waals surface area contributed by atoms with E-state index in [-0.39, 0.29) is 30.7 Å². The number of carbonyl (C=O) groups is 3. The molecule has 0 bridgehead atoms. The molecule has 35 heavy (non-hydrogen) atoms. The summed E-state index contributed by atoms with van der Waals surface area (Å²) in [7, 11) is 1.65. The van der Waals surface area contributed by atoms with Gasteiger partial charge in [0.25, 0.3) is 0 Å². The summed E-state index contributed by atoms with van der Waals surface area (Å²) in [6, 6.07) is 14.0. The van der Waals surface area contributed by atoms with Crippen LogP contribution in [-0.2, 0) is 14.4 Å². The van der Waals surface area contributed by atoms with Gasteiger partial charge in [-0.25, -0.2) is 0 Å². The molecule has 1 atom stereocenters. The minimum Gasteiger partial charge on any atom is -0.497 e. The Morgan fingerprint density at radius 2 is 1.86 bits per heavy atom. The summed E-state index contributed by atoms with van der Waals surface area (Å²) in [6.07, 6.45) is -0.133. The van der Waals surface area contributed by atoms with E-state index in [4.69, 9.17) is 16.3 Å². The minimum absolute atomic E-state index is 0.133. The zero-order valence-corrected chi connectivity index (χ0v) is 20.5. The van der Waals surface area contributed by atoms with Gasteiger partial charge in [-0.05, 0) is 24.3 Å². The fourth-order valence-corrected chi connectivity index (χ4v) is 4.59. The van der Waals surface area contributed by atoms with Crippen molar-refractivity contribution < 1.29 is 19.1 Å². The fourth-order valence-electron chi connectivity index (χ4n) is 4.41. The summed E-state index contributed by atoms with van der Waals surface area (Å²) >= 11 is 6.12. The molecule has 2 heterocycles. The topological polar surface area (TPSA) is 94.2 Å². The molecule has 2 aliphatic rings. The number of amides is 3. The predicted octanol–water partition coefficient (Wildman–Crippen LogP) is 1.83. The van der Waals surface area contributed by atoms with Gasteiger partial charge in [-0.2, -0.15) is 0 Å². The molecule has 0 unspecified atom stereocenters. The summed E-state index contributed by atoms with van der Waals surface area (Å²) in [5.74, 6) is -0.0232. The van der Waals surface area contributed by atoms with Gasteiger partial charge >= 0.3 is 0 Å². The number of methoxy groups -OCH3 is 1. The van der Waals surface area contributed by atoms with Crippen molar-refractivity contribution in [2.75, 3.05) is 63.1 Å². The molecule has 2 aliphatic heterocycles. The molecule has 0 aliphatic carbocycles. The average molecular weight is 500 g/mol. The molecule has 2 saturated heterocycles. The van der Waals surface area contributed by atoms with Crippen molar-refractivity contribution in [3.05, 3.63) is 53.6 Å². The van der Waals surface area contributed by atoms with Crippen LogP contribution in [0.4, 0.5) is 11.4 Å². The number of piperazine rings is 2. The van der Waals surface area contributed by atoms with E-state index in [1.807, 2.05) is 24.3 Å². The van der Waals surface area contributed by atoms with Gasteiger partial charge in [-0.15, -0.1) is 0 Å². The summed E-state index contributed by atoms with van der Waals surface area (Å²) < 4.78 is 5.32. The first-order valence-corrected chi connectivity index (χ1v) is 12.1. The second kappa shape index (κ2) is 11.4. The number of benzene rings is 2. The highest BCUT2D eigenvalue weighted by Gasteiger charge is 2.35. The number of anilines is 2. The maximum atomic E-state index is 13.2. The molecule has 186 valence electrons. The van der Waals surface area contributed by atoms with E-state index < -0.39 is 6.04 Å². The van der Waals surface area contributed by atoms with Crippen LogP contribution in [0.2, 0.25) is 5.02 Å². The molecule has 0 aromatic heterocycles. The van der Waals surface area contributed by atoms with Crippen LogP contribution in [0.1, 0.15) is 6.42 Å². The lowest BCUT2D eigenvalue weighted by Crippen LogP contribution is -2.60. The Kier molecular flexibility index (Phi) is 8.09. The van der Waals surface area contributed by atoms with Crippen molar-refractivity contribution in [1.29, 1.82) is 0 Å². The third-order valence-electron chi connectivity index (χ3n) is 6.33. The van der Waals surface area contributed by atoms with E-state index >= 15 is 0 Å². The Balaban J connectivity index is 1.33. The second-order valence-corrected chi connectivity index (χ2v) is 9.00. The summed E-state index contributed by atoms with van der Waals surface area (Å²) in [6.45, 7) is 3.97. The van der Waals surface area contributed by atoms with Crippen LogP contribution in [-0.4, -0.2) is 86.5 Å². The predicted molar refractivity (Wildman–Crippen MR) is 135 cm³/mol. The maximum Gasteiger partial charge on any atom is 0.243 e. The summed E-state index contributed by atoms with van der Waals surface area (Å²) in [4.78, 5) is 44.3. The SMILES string of the molecule is COc1cccc(N2CCN(CC(=O)N3CCNC(=O)[C@@H]3CC(=O)Nc3ccccc3Cl)CC2)c1. The molecule has 2 N–H and O–H groups in total. The van der Waals surface area contributed by atoms with E-state index in [2.05, 4.69) is 20.4 Å². The van der Waals surface area contributed by atoms with Crippen LogP contribution in [0.5, 0.6) is 5.75 Å². The van der Waals surface area contributed by atoms with Crippen LogP contribution >= 0.6 is 11.6 Å². The lowest BCUT2D eigenvalue weighted by atomic mass is 10.1. The van der Waals surface area contributed by atoms with Crippen LogP contribution in [0.3, 0.4) is 0 Å². The fraction of sp³-hybridized carbons (Fsp3) is 0.400. The average Bonchev–Trinajstić information content (AvgIpc) is 2.87. The molecule has 2 aromatic carbocycles. The molecule has 4 rings (SSSR count). The van der Waals surface area contributed by atoms with Crippen molar-refractivity contribution in [2.24, 2.45) is 0 Å². The first-order valence-electron chi connectivity index (χ1n) is 11.7. The molecule has 0 spiro atoms. The van der Waals surface area contributed by atoms with Crippen molar-refractivity contribution in [1.82, 2.24) is 15.1 Å². The van der Waals surface area contributed by atoms with Gasteiger partial charge in [0.2, 0.25) is 17.7 Å². The second-order valence-electron chi connectivity index (χ2n) is 8.59.